The second-order valence-corrected chi connectivity index (χ2v) is 10.4. The first-order chi connectivity index (χ1) is 20.5. The Morgan fingerprint density at radius 3 is 2.60 bits per heavy atom. The molecule has 2 aliphatic heterocycles. The molecule has 0 saturated heterocycles. The van der Waals surface area contributed by atoms with Crippen LogP contribution >= 0.6 is 11.3 Å². The Balaban J connectivity index is 1.60. The van der Waals surface area contributed by atoms with Gasteiger partial charge in [0.2, 0.25) is 6.79 Å². The number of rotatable bonds is 8. The molecule has 3 heterocycles. The van der Waals surface area contributed by atoms with Crippen molar-refractivity contribution in [3.8, 4) is 23.0 Å². The van der Waals surface area contributed by atoms with Gasteiger partial charge in [-0.2, -0.15) is 0 Å². The second-order valence-electron chi connectivity index (χ2n) is 9.39. The van der Waals surface area contributed by atoms with Gasteiger partial charge in [-0.3, -0.25) is 9.36 Å². The number of hydrogen-bond acceptors (Lipinski definition) is 9. The lowest BCUT2D eigenvalue weighted by atomic mass is 9.93. The Morgan fingerprint density at radius 2 is 1.83 bits per heavy atom. The smallest absolute Gasteiger partial charge is 0.338 e. The quantitative estimate of drug-likeness (QED) is 0.288. The molecule has 0 aliphatic carbocycles. The summed E-state index contributed by atoms with van der Waals surface area (Å²) in [4.78, 5) is 33.1. The number of carbonyl (C=O) groups excluding carboxylic acids is 1. The molecule has 10 heteroatoms. The highest BCUT2D eigenvalue weighted by molar-refractivity contribution is 7.07. The fraction of sp³-hybridized carbons (Fsp3) is 0.219. The lowest BCUT2D eigenvalue weighted by Crippen LogP contribution is -2.40. The topological polar surface area (TPSA) is 97.6 Å². The summed E-state index contributed by atoms with van der Waals surface area (Å²) in [6.45, 7) is 4.38. The largest absolute Gasteiger partial charge is 0.493 e. The minimum Gasteiger partial charge on any atom is -0.493 e. The fourth-order valence-electron chi connectivity index (χ4n) is 5.04. The number of aromatic nitrogens is 1. The van der Waals surface area contributed by atoms with E-state index in [4.69, 9.17) is 28.7 Å². The molecule has 4 aromatic rings. The van der Waals surface area contributed by atoms with Crippen LogP contribution in [0.4, 0.5) is 0 Å². The van der Waals surface area contributed by atoms with E-state index < -0.39 is 12.0 Å². The van der Waals surface area contributed by atoms with Gasteiger partial charge in [0.1, 0.15) is 0 Å². The van der Waals surface area contributed by atoms with Gasteiger partial charge in [0.15, 0.2) is 27.8 Å². The summed E-state index contributed by atoms with van der Waals surface area (Å²) in [6, 6.07) is 19.5. The predicted octanol–water partition coefficient (Wildman–Crippen LogP) is 4.07. The number of nitrogens with zero attached hydrogens (tertiary/aromatic N) is 2. The Kier molecular flexibility index (Phi) is 7.54. The van der Waals surface area contributed by atoms with Crippen LogP contribution in [-0.2, 0) is 9.53 Å². The molecule has 0 bridgehead atoms. The van der Waals surface area contributed by atoms with Crippen LogP contribution in [0.5, 0.6) is 23.0 Å². The highest BCUT2D eigenvalue weighted by Gasteiger charge is 2.36. The van der Waals surface area contributed by atoms with Crippen molar-refractivity contribution in [2.45, 2.75) is 19.9 Å². The first-order valence-corrected chi connectivity index (χ1v) is 14.3. The number of fused-ring (bicyclic) bond motifs is 2. The van der Waals surface area contributed by atoms with E-state index in [1.165, 1.54) is 11.3 Å². The van der Waals surface area contributed by atoms with Gasteiger partial charge in [0.05, 0.1) is 42.2 Å². The Hall–Kier alpha value is -4.83. The van der Waals surface area contributed by atoms with E-state index in [-0.39, 0.29) is 24.5 Å². The summed E-state index contributed by atoms with van der Waals surface area (Å²) in [5.41, 5.74) is 2.60. The third kappa shape index (κ3) is 4.94. The van der Waals surface area contributed by atoms with E-state index in [9.17, 15) is 9.59 Å². The van der Waals surface area contributed by atoms with Crippen molar-refractivity contribution in [3.05, 3.63) is 109 Å². The van der Waals surface area contributed by atoms with Gasteiger partial charge < -0.3 is 23.7 Å². The normalized spacial score (nSPS) is 15.7. The van der Waals surface area contributed by atoms with Crippen LogP contribution in [0, 0.1) is 0 Å². The molecule has 9 nitrogen and oxygen atoms in total. The third-order valence-corrected chi connectivity index (χ3v) is 7.85. The predicted molar refractivity (Wildman–Crippen MR) is 158 cm³/mol. The van der Waals surface area contributed by atoms with Crippen molar-refractivity contribution in [3.63, 3.8) is 0 Å². The summed E-state index contributed by atoms with van der Waals surface area (Å²) in [5.74, 6) is 1.77. The summed E-state index contributed by atoms with van der Waals surface area (Å²) in [6.07, 6.45) is 1.79. The highest BCUT2D eigenvalue weighted by atomic mass is 32.1. The maximum Gasteiger partial charge on any atom is 0.338 e. The lowest BCUT2D eigenvalue weighted by Gasteiger charge is -2.26. The maximum atomic E-state index is 14.1. The van der Waals surface area contributed by atoms with Crippen LogP contribution in [0.25, 0.3) is 11.8 Å². The lowest BCUT2D eigenvalue weighted by molar-refractivity contribution is -0.138. The molecular weight excluding hydrogens is 556 g/mol. The molecule has 3 aromatic carbocycles. The van der Waals surface area contributed by atoms with Crippen molar-refractivity contribution in [1.82, 2.24) is 4.57 Å². The number of ether oxygens (including phenoxy) is 5. The number of carbonyl (C=O) groups is 1. The molecule has 214 valence electrons. The van der Waals surface area contributed by atoms with Crippen molar-refractivity contribution in [1.29, 1.82) is 0 Å². The molecule has 2 aliphatic rings. The van der Waals surface area contributed by atoms with Gasteiger partial charge in [0, 0.05) is 5.56 Å². The van der Waals surface area contributed by atoms with E-state index in [1.54, 1.807) is 42.9 Å². The SMILES string of the molecule is CCOC(=O)C1=C(c2ccccc2)N=c2sc(=Cc3ccc(OC)c(OCC)c3)c(=O)n2[C@@H]1c1ccc2c(c1)OCO2. The summed E-state index contributed by atoms with van der Waals surface area (Å²) < 4.78 is 29.8. The molecule has 0 fully saturated rings. The van der Waals surface area contributed by atoms with Gasteiger partial charge in [0.25, 0.3) is 5.56 Å². The highest BCUT2D eigenvalue weighted by Crippen LogP contribution is 2.40. The molecule has 1 aromatic heterocycles. The maximum absolute atomic E-state index is 14.1. The molecule has 0 spiro atoms. The molecular formula is C32H28N2O7S. The Morgan fingerprint density at radius 1 is 1.02 bits per heavy atom. The summed E-state index contributed by atoms with van der Waals surface area (Å²) >= 11 is 1.25. The van der Waals surface area contributed by atoms with Crippen LogP contribution < -0.4 is 33.8 Å². The van der Waals surface area contributed by atoms with Gasteiger partial charge in [-0.15, -0.1) is 0 Å². The first-order valence-electron chi connectivity index (χ1n) is 13.5. The van der Waals surface area contributed by atoms with Crippen LogP contribution in [0.2, 0.25) is 0 Å². The average Bonchev–Trinajstić information content (AvgIpc) is 3.60. The molecule has 0 amide bonds. The number of hydrogen-bond donors (Lipinski definition) is 0. The Bertz CT molecular complexity index is 1870. The number of esters is 1. The molecule has 1 atom stereocenters. The van der Waals surface area contributed by atoms with Crippen molar-refractivity contribution >= 4 is 29.1 Å². The molecule has 0 radical (unpaired) electrons. The van der Waals surface area contributed by atoms with Gasteiger partial charge in [-0.1, -0.05) is 53.8 Å². The molecule has 42 heavy (non-hydrogen) atoms. The standard InChI is InChI=1S/C32H28N2O7S/c1-4-38-24-15-19(11-13-22(24)37-3)16-26-30(35)34-29(21-12-14-23-25(17-21)41-18-40-23)27(31(36)39-5-2)28(33-32(34)42-26)20-9-7-6-8-10-20/h6-17,29H,4-5,18H2,1-3H3/t29-/m1/s1. The van der Waals surface area contributed by atoms with Crippen molar-refractivity contribution in [2.75, 3.05) is 27.1 Å². The van der Waals surface area contributed by atoms with E-state index in [2.05, 4.69) is 0 Å². The van der Waals surface area contributed by atoms with E-state index >= 15 is 0 Å². The monoisotopic (exact) mass is 584 g/mol. The molecule has 0 N–H and O–H groups in total. The van der Waals surface area contributed by atoms with Gasteiger partial charge >= 0.3 is 5.97 Å². The van der Waals surface area contributed by atoms with E-state index in [0.29, 0.717) is 50.2 Å². The number of benzene rings is 3. The third-order valence-electron chi connectivity index (χ3n) is 6.87. The van der Waals surface area contributed by atoms with Crippen LogP contribution in [-0.4, -0.2) is 37.7 Å². The van der Waals surface area contributed by atoms with Crippen LogP contribution in [0.3, 0.4) is 0 Å². The zero-order valence-electron chi connectivity index (χ0n) is 23.3. The average molecular weight is 585 g/mol. The van der Waals surface area contributed by atoms with Crippen LogP contribution in [0.15, 0.2) is 82.1 Å². The Labute approximate surface area is 245 Å². The van der Waals surface area contributed by atoms with E-state index in [1.807, 2.05) is 55.5 Å². The number of thiazole rings is 1. The van der Waals surface area contributed by atoms with Crippen molar-refractivity contribution in [2.24, 2.45) is 4.99 Å². The first kappa shape index (κ1) is 27.3. The van der Waals surface area contributed by atoms with Gasteiger partial charge in [-0.25, -0.2) is 9.79 Å². The number of methoxy groups -OCH3 is 1. The summed E-state index contributed by atoms with van der Waals surface area (Å²) in [5, 5.41) is 0. The minimum atomic E-state index is -0.818. The zero-order chi connectivity index (χ0) is 29.2. The molecule has 6 rings (SSSR count). The molecule has 0 unspecified atom stereocenters. The van der Waals surface area contributed by atoms with Gasteiger partial charge in [-0.05, 0) is 55.3 Å². The fourth-order valence-corrected chi connectivity index (χ4v) is 6.04. The van der Waals surface area contributed by atoms with E-state index in [0.717, 1.165) is 11.1 Å². The summed E-state index contributed by atoms with van der Waals surface area (Å²) in [7, 11) is 1.58. The second kappa shape index (κ2) is 11.6. The molecule has 0 saturated carbocycles. The minimum absolute atomic E-state index is 0.100. The van der Waals surface area contributed by atoms with Crippen LogP contribution in [0.1, 0.15) is 36.6 Å². The zero-order valence-corrected chi connectivity index (χ0v) is 24.1. The van der Waals surface area contributed by atoms with Crippen molar-refractivity contribution < 1.29 is 28.5 Å².